The first-order valence-corrected chi connectivity index (χ1v) is 13.0. The lowest BCUT2D eigenvalue weighted by Gasteiger charge is -2.12. The number of pyridine rings is 1. The van der Waals surface area contributed by atoms with Gasteiger partial charge >= 0.3 is 0 Å². The summed E-state index contributed by atoms with van der Waals surface area (Å²) in [6.07, 6.45) is 5.41. The van der Waals surface area contributed by atoms with Crippen LogP contribution in [0, 0.1) is 19.8 Å². The Labute approximate surface area is 197 Å². The number of hydrogen-bond donors (Lipinski definition) is 2. The molecule has 1 amide bonds. The number of anilines is 2. The maximum absolute atomic E-state index is 13.1. The molecule has 8 nitrogen and oxygen atoms in total. The van der Waals surface area contributed by atoms with Crippen LogP contribution in [0.2, 0.25) is 0 Å². The van der Waals surface area contributed by atoms with Crippen LogP contribution in [0.15, 0.2) is 41.4 Å². The number of hydrogen-bond acceptors (Lipinski definition) is 7. The molecule has 174 valence electrons. The molecule has 1 fully saturated rings. The molecule has 0 radical (unpaired) electrons. The van der Waals surface area contributed by atoms with E-state index in [-0.39, 0.29) is 16.7 Å². The molecular formula is C23H26N4O4S2. The Morgan fingerprint density at radius 1 is 1.15 bits per heavy atom. The van der Waals surface area contributed by atoms with Gasteiger partial charge in [-0.3, -0.25) is 9.52 Å². The number of rotatable bonds is 7. The van der Waals surface area contributed by atoms with Gasteiger partial charge in [-0.2, -0.15) is 0 Å². The molecule has 1 aromatic carbocycles. The summed E-state index contributed by atoms with van der Waals surface area (Å²) in [4.78, 5) is 22.0. The number of aryl methyl sites for hydroxylation is 2. The summed E-state index contributed by atoms with van der Waals surface area (Å²) in [6.45, 7) is 3.60. The van der Waals surface area contributed by atoms with Gasteiger partial charge in [0.05, 0.1) is 34.5 Å². The van der Waals surface area contributed by atoms with Gasteiger partial charge in [-0.1, -0.05) is 36.3 Å². The number of aromatic nitrogens is 2. The van der Waals surface area contributed by atoms with Crippen molar-refractivity contribution in [3.05, 3.63) is 47.8 Å². The van der Waals surface area contributed by atoms with E-state index in [1.807, 2.05) is 13.0 Å². The van der Waals surface area contributed by atoms with Crippen LogP contribution in [0.5, 0.6) is 5.88 Å². The van der Waals surface area contributed by atoms with Crippen molar-refractivity contribution in [2.75, 3.05) is 17.1 Å². The maximum Gasteiger partial charge on any atom is 0.262 e. The number of carbonyl (C=O) groups excluding carboxylic acids is 1. The van der Waals surface area contributed by atoms with Crippen LogP contribution in [0.1, 0.15) is 36.9 Å². The number of ether oxygens (including phenoxy) is 1. The smallest absolute Gasteiger partial charge is 0.262 e. The molecule has 1 saturated carbocycles. The third-order valence-corrected chi connectivity index (χ3v) is 8.34. The van der Waals surface area contributed by atoms with E-state index in [0.717, 1.165) is 41.8 Å². The van der Waals surface area contributed by atoms with Gasteiger partial charge in [-0.25, -0.2) is 18.4 Å². The number of carbonyl (C=O) groups is 1. The molecule has 0 saturated heterocycles. The molecule has 0 unspecified atom stereocenters. The van der Waals surface area contributed by atoms with Crippen LogP contribution in [0.4, 0.5) is 10.8 Å². The molecule has 10 heteroatoms. The molecule has 0 aliphatic heterocycles. The minimum atomic E-state index is -3.85. The number of nitrogens with zero attached hydrogens (tertiary/aromatic N) is 2. The first kappa shape index (κ1) is 23.2. The number of benzene rings is 1. The summed E-state index contributed by atoms with van der Waals surface area (Å²) < 4.78 is 33.8. The van der Waals surface area contributed by atoms with E-state index in [4.69, 9.17) is 4.74 Å². The van der Waals surface area contributed by atoms with E-state index < -0.39 is 10.0 Å². The lowest BCUT2D eigenvalue weighted by molar-refractivity contribution is -0.119. The highest BCUT2D eigenvalue weighted by Crippen LogP contribution is 2.36. The minimum Gasteiger partial charge on any atom is -0.481 e. The maximum atomic E-state index is 13.1. The van der Waals surface area contributed by atoms with Crippen molar-refractivity contribution in [1.29, 1.82) is 0 Å². The van der Waals surface area contributed by atoms with Crippen molar-refractivity contribution in [1.82, 2.24) is 9.97 Å². The largest absolute Gasteiger partial charge is 0.481 e. The highest BCUT2D eigenvalue weighted by molar-refractivity contribution is 7.92. The summed E-state index contributed by atoms with van der Waals surface area (Å²) in [5.41, 5.74) is 2.42. The lowest BCUT2D eigenvalue weighted by atomic mass is 10.1. The number of amides is 1. The fourth-order valence-electron chi connectivity index (χ4n) is 3.92. The first-order valence-electron chi connectivity index (χ1n) is 10.7. The summed E-state index contributed by atoms with van der Waals surface area (Å²) in [6, 6.07) is 8.45. The summed E-state index contributed by atoms with van der Waals surface area (Å²) in [7, 11) is -2.35. The predicted octanol–water partition coefficient (Wildman–Crippen LogP) is 4.76. The number of sulfonamides is 1. The zero-order valence-electron chi connectivity index (χ0n) is 18.7. The second-order valence-electron chi connectivity index (χ2n) is 8.08. The molecule has 0 bridgehead atoms. The van der Waals surface area contributed by atoms with Gasteiger partial charge in [0.1, 0.15) is 0 Å². The predicted molar refractivity (Wildman–Crippen MR) is 129 cm³/mol. The van der Waals surface area contributed by atoms with Gasteiger partial charge in [0.25, 0.3) is 10.0 Å². The molecule has 4 rings (SSSR count). The Kier molecular flexibility index (Phi) is 6.66. The zero-order valence-corrected chi connectivity index (χ0v) is 20.3. The molecule has 2 N–H and O–H groups in total. The van der Waals surface area contributed by atoms with E-state index in [1.54, 1.807) is 31.2 Å². The van der Waals surface area contributed by atoms with Gasteiger partial charge < -0.3 is 10.1 Å². The van der Waals surface area contributed by atoms with Gasteiger partial charge in [0, 0.05) is 12.0 Å². The van der Waals surface area contributed by atoms with Crippen LogP contribution in [0.3, 0.4) is 0 Å². The van der Waals surface area contributed by atoms with Crippen LogP contribution < -0.4 is 14.8 Å². The second kappa shape index (κ2) is 9.48. The Hall–Kier alpha value is -2.98. The monoisotopic (exact) mass is 486 g/mol. The molecule has 0 atom stereocenters. The normalized spacial score (nSPS) is 14.3. The molecular weight excluding hydrogens is 460 g/mol. The summed E-state index contributed by atoms with van der Waals surface area (Å²) in [5, 5.41) is 3.47. The van der Waals surface area contributed by atoms with Crippen molar-refractivity contribution in [2.45, 2.75) is 44.4 Å². The third-order valence-electron chi connectivity index (χ3n) is 5.69. The lowest BCUT2D eigenvalue weighted by Crippen LogP contribution is -2.20. The van der Waals surface area contributed by atoms with Crippen molar-refractivity contribution in [2.24, 2.45) is 5.92 Å². The van der Waals surface area contributed by atoms with Gasteiger partial charge in [-0.15, -0.1) is 0 Å². The van der Waals surface area contributed by atoms with Crippen molar-refractivity contribution < 1.29 is 17.9 Å². The summed E-state index contributed by atoms with van der Waals surface area (Å²) in [5.74, 6) is 0.456. The van der Waals surface area contributed by atoms with Gasteiger partial charge in [-0.05, 0) is 49.9 Å². The highest BCUT2D eigenvalue weighted by Gasteiger charge is 2.24. The van der Waals surface area contributed by atoms with E-state index in [1.165, 1.54) is 24.6 Å². The Balaban J connectivity index is 1.59. The standard InChI is InChI=1S/C23H26N4O4S2/c1-14-8-9-17(12-19(14)33(29,30)27-18-10-11-20(31-3)24-13-18)21-15(2)25-23(32-21)26-22(28)16-6-4-5-7-16/h8-13,16,27H,4-7H2,1-3H3,(H,25,26,28). The molecule has 1 aliphatic carbocycles. The van der Waals surface area contributed by atoms with E-state index in [0.29, 0.717) is 22.3 Å². The first-order chi connectivity index (χ1) is 15.8. The number of thiazole rings is 1. The van der Waals surface area contributed by atoms with Crippen molar-refractivity contribution in [3.63, 3.8) is 0 Å². The topological polar surface area (TPSA) is 110 Å². The van der Waals surface area contributed by atoms with Gasteiger partial charge in [0.15, 0.2) is 5.13 Å². The van der Waals surface area contributed by atoms with Crippen LogP contribution >= 0.6 is 11.3 Å². The second-order valence-corrected chi connectivity index (χ2v) is 10.7. The van der Waals surface area contributed by atoms with E-state index >= 15 is 0 Å². The molecule has 2 aromatic heterocycles. The van der Waals surface area contributed by atoms with Crippen LogP contribution in [-0.2, 0) is 14.8 Å². The highest BCUT2D eigenvalue weighted by atomic mass is 32.2. The fourth-order valence-corrected chi connectivity index (χ4v) is 6.20. The molecule has 2 heterocycles. The Morgan fingerprint density at radius 2 is 1.91 bits per heavy atom. The van der Waals surface area contributed by atoms with Crippen molar-refractivity contribution in [3.8, 4) is 16.3 Å². The van der Waals surface area contributed by atoms with Crippen LogP contribution in [0.25, 0.3) is 10.4 Å². The van der Waals surface area contributed by atoms with E-state index in [2.05, 4.69) is 20.0 Å². The molecule has 0 spiro atoms. The summed E-state index contributed by atoms with van der Waals surface area (Å²) >= 11 is 1.35. The average Bonchev–Trinajstić information content (AvgIpc) is 3.44. The minimum absolute atomic E-state index is 0.0114. The zero-order chi connectivity index (χ0) is 23.6. The van der Waals surface area contributed by atoms with Gasteiger partial charge in [0.2, 0.25) is 11.8 Å². The van der Waals surface area contributed by atoms with Crippen LogP contribution in [-0.4, -0.2) is 31.4 Å². The molecule has 1 aliphatic rings. The quantitative estimate of drug-likeness (QED) is 0.498. The number of methoxy groups -OCH3 is 1. The van der Waals surface area contributed by atoms with Crippen molar-refractivity contribution >= 4 is 38.1 Å². The Bertz CT molecular complexity index is 1260. The molecule has 3 aromatic rings. The number of nitrogens with one attached hydrogen (secondary N) is 2. The average molecular weight is 487 g/mol. The fraction of sp³-hybridized carbons (Fsp3) is 0.348. The van der Waals surface area contributed by atoms with E-state index in [9.17, 15) is 13.2 Å². The molecule has 33 heavy (non-hydrogen) atoms. The Morgan fingerprint density at radius 3 is 2.58 bits per heavy atom. The third kappa shape index (κ3) is 5.17. The SMILES string of the molecule is COc1ccc(NS(=O)(=O)c2cc(-c3sc(NC(=O)C4CCCC4)nc3C)ccc2C)cn1.